The Bertz CT molecular complexity index is 423. The summed E-state index contributed by atoms with van der Waals surface area (Å²) in [4.78, 5) is 13.0. The average Bonchev–Trinajstić information content (AvgIpc) is 2.38. The highest BCUT2D eigenvalue weighted by molar-refractivity contribution is 9.10. The van der Waals surface area contributed by atoms with Crippen LogP contribution in [0.15, 0.2) is 22.7 Å². The number of carboxylic acids is 1. The van der Waals surface area contributed by atoms with Crippen LogP contribution in [0.5, 0.6) is 0 Å². The summed E-state index contributed by atoms with van der Waals surface area (Å²) in [6.07, 6.45) is 2.20. The zero-order valence-electron chi connectivity index (χ0n) is 11.1. The molecule has 0 unspecified atom stereocenters. The minimum atomic E-state index is -0.926. The van der Waals surface area contributed by atoms with Crippen LogP contribution in [0.2, 0.25) is 0 Å². The van der Waals surface area contributed by atoms with E-state index in [1.165, 1.54) is 0 Å². The lowest BCUT2D eigenvalue weighted by molar-refractivity contribution is 0.0697. The van der Waals surface area contributed by atoms with E-state index in [0.29, 0.717) is 13.1 Å². The average molecular weight is 330 g/mol. The molecule has 5 heteroatoms. The Kier molecular flexibility index (Phi) is 7.05. The van der Waals surface area contributed by atoms with Crippen molar-refractivity contribution < 1.29 is 15.0 Å². The topological polar surface area (TPSA) is 60.8 Å². The summed E-state index contributed by atoms with van der Waals surface area (Å²) in [5, 5.41) is 18.0. The van der Waals surface area contributed by atoms with Crippen LogP contribution < -0.4 is 0 Å². The SMILES string of the molecule is CCCCN(CCO)Cc1ccc(C(=O)O)cc1Br. The quantitative estimate of drug-likeness (QED) is 0.769. The van der Waals surface area contributed by atoms with E-state index in [-0.39, 0.29) is 12.2 Å². The summed E-state index contributed by atoms with van der Waals surface area (Å²) < 4.78 is 0.798. The van der Waals surface area contributed by atoms with Crippen molar-refractivity contribution in [1.29, 1.82) is 0 Å². The Morgan fingerprint density at radius 3 is 2.63 bits per heavy atom. The first-order chi connectivity index (χ1) is 9.08. The molecule has 0 bridgehead atoms. The smallest absolute Gasteiger partial charge is 0.335 e. The molecule has 1 rings (SSSR count). The monoisotopic (exact) mass is 329 g/mol. The van der Waals surface area contributed by atoms with E-state index >= 15 is 0 Å². The molecular formula is C14H20BrNO3. The number of aliphatic hydroxyl groups excluding tert-OH is 1. The van der Waals surface area contributed by atoms with Crippen molar-refractivity contribution in [3.63, 3.8) is 0 Å². The third-order valence-corrected chi connectivity index (χ3v) is 3.68. The molecule has 0 fully saturated rings. The van der Waals surface area contributed by atoms with Crippen LogP contribution in [-0.4, -0.2) is 40.8 Å². The second-order valence-electron chi connectivity index (χ2n) is 4.46. The summed E-state index contributed by atoms with van der Waals surface area (Å²) in [6.45, 7) is 4.54. The summed E-state index contributed by atoms with van der Waals surface area (Å²) in [7, 11) is 0. The molecule has 0 aliphatic carbocycles. The van der Waals surface area contributed by atoms with Crippen molar-refractivity contribution in [2.45, 2.75) is 26.3 Å². The summed E-state index contributed by atoms with van der Waals surface area (Å²) in [5.41, 5.74) is 1.31. The molecule has 0 aliphatic rings. The molecule has 0 aliphatic heterocycles. The lowest BCUT2D eigenvalue weighted by atomic mass is 10.1. The van der Waals surface area contributed by atoms with E-state index in [9.17, 15) is 4.79 Å². The van der Waals surface area contributed by atoms with Crippen molar-refractivity contribution in [2.24, 2.45) is 0 Å². The second kappa shape index (κ2) is 8.30. The predicted molar refractivity (Wildman–Crippen MR) is 78.4 cm³/mol. The first-order valence-corrected chi connectivity index (χ1v) is 7.22. The summed E-state index contributed by atoms with van der Waals surface area (Å²) >= 11 is 3.41. The predicted octanol–water partition coefficient (Wildman–Crippen LogP) is 2.74. The number of aliphatic hydroxyl groups is 1. The molecule has 1 aromatic rings. The maximum absolute atomic E-state index is 10.9. The van der Waals surface area contributed by atoms with Gasteiger partial charge in [-0.1, -0.05) is 35.3 Å². The van der Waals surface area contributed by atoms with Crippen LogP contribution in [0, 0.1) is 0 Å². The molecule has 1 aromatic carbocycles. The van der Waals surface area contributed by atoms with Crippen LogP contribution in [0.1, 0.15) is 35.7 Å². The van der Waals surface area contributed by atoms with Gasteiger partial charge in [0, 0.05) is 17.6 Å². The van der Waals surface area contributed by atoms with Gasteiger partial charge in [0.15, 0.2) is 0 Å². The van der Waals surface area contributed by atoms with E-state index < -0.39 is 5.97 Å². The second-order valence-corrected chi connectivity index (χ2v) is 5.32. The molecular weight excluding hydrogens is 310 g/mol. The number of rotatable bonds is 8. The van der Waals surface area contributed by atoms with Crippen LogP contribution in [0.3, 0.4) is 0 Å². The third-order valence-electron chi connectivity index (χ3n) is 2.94. The van der Waals surface area contributed by atoms with Crippen LogP contribution in [-0.2, 0) is 6.54 Å². The normalized spacial score (nSPS) is 10.9. The maximum Gasteiger partial charge on any atom is 0.335 e. The van der Waals surface area contributed by atoms with Gasteiger partial charge < -0.3 is 10.2 Å². The number of benzene rings is 1. The van der Waals surface area contributed by atoms with Crippen LogP contribution in [0.4, 0.5) is 0 Å². The Labute approximate surface area is 122 Å². The molecule has 0 heterocycles. The Balaban J connectivity index is 2.75. The number of aromatic carboxylic acids is 1. The van der Waals surface area contributed by atoms with E-state index in [1.807, 2.05) is 6.07 Å². The molecule has 0 spiro atoms. The van der Waals surface area contributed by atoms with Gasteiger partial charge in [-0.05, 0) is 30.7 Å². The van der Waals surface area contributed by atoms with Crippen LogP contribution >= 0.6 is 15.9 Å². The van der Waals surface area contributed by atoms with Gasteiger partial charge in [0.2, 0.25) is 0 Å². The van der Waals surface area contributed by atoms with Gasteiger partial charge in [0.1, 0.15) is 0 Å². The first-order valence-electron chi connectivity index (χ1n) is 6.43. The van der Waals surface area contributed by atoms with Crippen molar-refractivity contribution in [3.05, 3.63) is 33.8 Å². The zero-order valence-corrected chi connectivity index (χ0v) is 12.7. The maximum atomic E-state index is 10.9. The van der Waals surface area contributed by atoms with E-state index in [0.717, 1.165) is 29.4 Å². The van der Waals surface area contributed by atoms with Crippen LogP contribution in [0.25, 0.3) is 0 Å². The number of nitrogens with zero attached hydrogens (tertiary/aromatic N) is 1. The van der Waals surface area contributed by atoms with Crippen molar-refractivity contribution in [2.75, 3.05) is 19.7 Å². The molecule has 19 heavy (non-hydrogen) atoms. The van der Waals surface area contributed by atoms with Gasteiger partial charge in [0.25, 0.3) is 0 Å². The van der Waals surface area contributed by atoms with Gasteiger partial charge in [-0.25, -0.2) is 4.79 Å². The molecule has 106 valence electrons. The van der Waals surface area contributed by atoms with E-state index in [4.69, 9.17) is 10.2 Å². The minimum Gasteiger partial charge on any atom is -0.478 e. The number of hydrogen-bond acceptors (Lipinski definition) is 3. The minimum absolute atomic E-state index is 0.133. The number of carboxylic acid groups (broad SMARTS) is 1. The number of unbranched alkanes of at least 4 members (excludes halogenated alkanes) is 1. The van der Waals surface area contributed by atoms with Gasteiger partial charge in [-0.15, -0.1) is 0 Å². The number of hydrogen-bond donors (Lipinski definition) is 2. The number of carbonyl (C=O) groups is 1. The highest BCUT2D eigenvalue weighted by Crippen LogP contribution is 2.20. The Hall–Kier alpha value is -0.910. The molecule has 0 amide bonds. The molecule has 0 atom stereocenters. The fourth-order valence-corrected chi connectivity index (χ4v) is 2.35. The highest BCUT2D eigenvalue weighted by atomic mass is 79.9. The molecule has 0 saturated carbocycles. The highest BCUT2D eigenvalue weighted by Gasteiger charge is 2.10. The largest absolute Gasteiger partial charge is 0.478 e. The van der Waals surface area contributed by atoms with Gasteiger partial charge >= 0.3 is 5.97 Å². The lowest BCUT2D eigenvalue weighted by Gasteiger charge is -2.21. The summed E-state index contributed by atoms with van der Waals surface area (Å²) in [5.74, 6) is -0.926. The number of halogens is 1. The first kappa shape index (κ1) is 16.1. The standard InChI is InChI=1S/C14H20BrNO3/c1-2-3-6-16(7-8-17)10-12-5-4-11(14(18)19)9-13(12)15/h4-5,9,17H,2-3,6-8,10H2,1H3,(H,18,19). The van der Waals surface area contributed by atoms with E-state index in [2.05, 4.69) is 27.8 Å². The molecule has 0 radical (unpaired) electrons. The van der Waals surface area contributed by atoms with Gasteiger partial charge in [0.05, 0.1) is 12.2 Å². The Morgan fingerprint density at radius 1 is 1.37 bits per heavy atom. The van der Waals surface area contributed by atoms with Gasteiger partial charge in [-0.3, -0.25) is 4.90 Å². The van der Waals surface area contributed by atoms with Crippen molar-refractivity contribution >= 4 is 21.9 Å². The lowest BCUT2D eigenvalue weighted by Crippen LogP contribution is -2.27. The summed E-state index contributed by atoms with van der Waals surface area (Å²) in [6, 6.07) is 5.05. The third kappa shape index (κ3) is 5.30. The van der Waals surface area contributed by atoms with Crippen molar-refractivity contribution in [3.8, 4) is 0 Å². The van der Waals surface area contributed by atoms with Crippen molar-refractivity contribution in [1.82, 2.24) is 4.90 Å². The zero-order chi connectivity index (χ0) is 14.3. The molecule has 2 N–H and O–H groups in total. The Morgan fingerprint density at radius 2 is 2.11 bits per heavy atom. The molecule has 4 nitrogen and oxygen atoms in total. The van der Waals surface area contributed by atoms with E-state index in [1.54, 1.807) is 12.1 Å². The fourth-order valence-electron chi connectivity index (χ4n) is 1.84. The molecule has 0 saturated heterocycles. The fraction of sp³-hybridized carbons (Fsp3) is 0.500. The van der Waals surface area contributed by atoms with Gasteiger partial charge in [-0.2, -0.15) is 0 Å². The molecule has 0 aromatic heterocycles.